The molecule has 0 aromatic heterocycles. The van der Waals surface area contributed by atoms with Crippen molar-refractivity contribution in [2.45, 2.75) is 46.3 Å². The Hall–Kier alpha value is -0.0800. The zero-order chi connectivity index (χ0) is 8.85. The molecule has 11 heavy (non-hydrogen) atoms. The van der Waals surface area contributed by atoms with Crippen molar-refractivity contribution < 1.29 is 5.11 Å². The van der Waals surface area contributed by atoms with Gasteiger partial charge in [-0.25, -0.2) is 0 Å². The van der Waals surface area contributed by atoms with E-state index in [9.17, 15) is 0 Å². The highest BCUT2D eigenvalue weighted by molar-refractivity contribution is 4.64. The largest absolute Gasteiger partial charge is 0.393 e. The molecule has 2 atom stereocenters. The third kappa shape index (κ3) is 7.82. The molecule has 0 saturated carbocycles. The Balaban J connectivity index is 3.29. The molecular weight excluding hydrogens is 138 g/mol. The quantitative estimate of drug-likeness (QED) is 0.635. The molecule has 0 bridgehead atoms. The van der Waals surface area contributed by atoms with E-state index in [1.165, 1.54) is 0 Å². The molecule has 0 aliphatic heterocycles. The zero-order valence-electron chi connectivity index (χ0n) is 8.09. The maximum Gasteiger partial charge on any atom is 0.0526 e. The summed E-state index contributed by atoms with van der Waals surface area (Å²) >= 11 is 0. The molecular formula is C9H21NO. The fourth-order valence-electron chi connectivity index (χ4n) is 1.03. The van der Waals surface area contributed by atoms with Crippen molar-refractivity contribution in [1.29, 1.82) is 0 Å². The zero-order valence-corrected chi connectivity index (χ0v) is 8.09. The topological polar surface area (TPSA) is 32.3 Å². The third-order valence-electron chi connectivity index (χ3n) is 1.57. The van der Waals surface area contributed by atoms with Gasteiger partial charge < -0.3 is 10.4 Å². The Bertz CT molecular complexity index is 91.6. The lowest BCUT2D eigenvalue weighted by Crippen LogP contribution is -2.31. The van der Waals surface area contributed by atoms with Crippen LogP contribution in [0.5, 0.6) is 0 Å². The first-order valence-electron chi connectivity index (χ1n) is 4.43. The third-order valence-corrected chi connectivity index (χ3v) is 1.57. The minimum absolute atomic E-state index is 0.190. The fraction of sp³-hybridized carbons (Fsp3) is 1.00. The van der Waals surface area contributed by atoms with Crippen molar-refractivity contribution in [3.05, 3.63) is 0 Å². The summed E-state index contributed by atoms with van der Waals surface area (Å²) in [4.78, 5) is 0. The first kappa shape index (κ1) is 10.9. The summed E-state index contributed by atoms with van der Waals surface area (Å²) in [6, 6.07) is 0.428. The molecule has 0 aromatic carbocycles. The Kier molecular flexibility index (Phi) is 5.51. The molecule has 0 amide bonds. The highest BCUT2D eigenvalue weighted by Crippen LogP contribution is 1.97. The van der Waals surface area contributed by atoms with Crippen LogP contribution < -0.4 is 5.32 Å². The lowest BCUT2D eigenvalue weighted by molar-refractivity contribution is 0.170. The van der Waals surface area contributed by atoms with Crippen LogP contribution >= 0.6 is 0 Å². The minimum atomic E-state index is -0.190. The van der Waals surface area contributed by atoms with E-state index in [0.29, 0.717) is 12.0 Å². The number of hydrogen-bond donors (Lipinski definition) is 2. The van der Waals surface area contributed by atoms with E-state index < -0.39 is 0 Å². The number of hydrogen-bond acceptors (Lipinski definition) is 2. The summed E-state index contributed by atoms with van der Waals surface area (Å²) in [6.45, 7) is 9.33. The lowest BCUT2D eigenvalue weighted by atomic mass is 10.1. The minimum Gasteiger partial charge on any atom is -0.393 e. The summed E-state index contributed by atoms with van der Waals surface area (Å²) in [5.74, 6) is 0.687. The van der Waals surface area contributed by atoms with Gasteiger partial charge in [0, 0.05) is 6.04 Å². The number of rotatable bonds is 5. The highest BCUT2D eigenvalue weighted by Gasteiger charge is 2.05. The number of aliphatic hydroxyl groups is 1. The summed E-state index contributed by atoms with van der Waals surface area (Å²) in [6.07, 6.45) is 0.650. The molecule has 0 aliphatic rings. The van der Waals surface area contributed by atoms with Crippen molar-refractivity contribution in [1.82, 2.24) is 5.32 Å². The summed E-state index contributed by atoms with van der Waals surface area (Å²) in [5.41, 5.74) is 0. The van der Waals surface area contributed by atoms with Gasteiger partial charge in [0.05, 0.1) is 6.10 Å². The van der Waals surface area contributed by atoms with Crippen LogP contribution in [-0.2, 0) is 0 Å². The maximum absolute atomic E-state index is 9.05. The molecule has 0 radical (unpaired) electrons. The average Bonchev–Trinajstić information content (AvgIpc) is 1.82. The van der Waals surface area contributed by atoms with Gasteiger partial charge >= 0.3 is 0 Å². The second-order valence-corrected chi connectivity index (χ2v) is 3.79. The van der Waals surface area contributed by atoms with E-state index in [0.717, 1.165) is 13.0 Å². The van der Waals surface area contributed by atoms with Gasteiger partial charge in [-0.3, -0.25) is 0 Å². The van der Waals surface area contributed by atoms with Crippen LogP contribution in [0.1, 0.15) is 34.1 Å². The van der Waals surface area contributed by atoms with Crippen molar-refractivity contribution in [3.63, 3.8) is 0 Å². The average molecular weight is 159 g/mol. The molecule has 2 heteroatoms. The Morgan fingerprint density at radius 1 is 1.18 bits per heavy atom. The first-order chi connectivity index (χ1) is 5.02. The lowest BCUT2D eigenvalue weighted by Gasteiger charge is -2.16. The number of nitrogens with one attached hydrogen (secondary N) is 1. The Morgan fingerprint density at radius 3 is 2.09 bits per heavy atom. The van der Waals surface area contributed by atoms with Gasteiger partial charge in [-0.2, -0.15) is 0 Å². The van der Waals surface area contributed by atoms with E-state index in [-0.39, 0.29) is 6.10 Å². The molecule has 0 aromatic rings. The standard InChI is InChI=1S/C9H21NO/c1-7(2)6-10-8(3)5-9(4)11/h7-11H,5-6H2,1-4H3. The second kappa shape index (κ2) is 5.56. The van der Waals surface area contributed by atoms with Gasteiger partial charge in [0.25, 0.3) is 0 Å². The van der Waals surface area contributed by atoms with Gasteiger partial charge in [0.1, 0.15) is 0 Å². The van der Waals surface area contributed by atoms with Crippen LogP contribution in [0, 0.1) is 5.92 Å². The molecule has 2 unspecified atom stereocenters. The van der Waals surface area contributed by atoms with Crippen LogP contribution in [0.25, 0.3) is 0 Å². The second-order valence-electron chi connectivity index (χ2n) is 3.79. The maximum atomic E-state index is 9.05. The van der Waals surface area contributed by atoms with Gasteiger partial charge in [0.15, 0.2) is 0 Å². The molecule has 68 valence electrons. The van der Waals surface area contributed by atoms with E-state index in [1.807, 2.05) is 6.92 Å². The van der Waals surface area contributed by atoms with Crippen molar-refractivity contribution >= 4 is 0 Å². The van der Waals surface area contributed by atoms with E-state index >= 15 is 0 Å². The Labute approximate surface area is 70.0 Å². The van der Waals surface area contributed by atoms with Crippen LogP contribution in [0.4, 0.5) is 0 Å². The summed E-state index contributed by atoms with van der Waals surface area (Å²) < 4.78 is 0. The normalized spacial score (nSPS) is 16.9. The van der Waals surface area contributed by atoms with E-state index in [2.05, 4.69) is 26.1 Å². The first-order valence-corrected chi connectivity index (χ1v) is 4.43. The molecule has 2 N–H and O–H groups in total. The predicted molar refractivity (Wildman–Crippen MR) is 48.6 cm³/mol. The predicted octanol–water partition coefficient (Wildman–Crippen LogP) is 1.39. The molecule has 2 nitrogen and oxygen atoms in total. The molecule has 0 heterocycles. The van der Waals surface area contributed by atoms with Crippen LogP contribution in [0.2, 0.25) is 0 Å². The molecule has 0 saturated heterocycles. The summed E-state index contributed by atoms with van der Waals surface area (Å²) in [5, 5.41) is 12.4. The van der Waals surface area contributed by atoms with E-state index in [1.54, 1.807) is 0 Å². The SMILES string of the molecule is CC(C)CNC(C)CC(C)O. The highest BCUT2D eigenvalue weighted by atomic mass is 16.3. The van der Waals surface area contributed by atoms with Gasteiger partial charge in [-0.05, 0) is 32.7 Å². The van der Waals surface area contributed by atoms with Gasteiger partial charge in [-0.1, -0.05) is 13.8 Å². The van der Waals surface area contributed by atoms with E-state index in [4.69, 9.17) is 5.11 Å². The van der Waals surface area contributed by atoms with Gasteiger partial charge in [0.2, 0.25) is 0 Å². The van der Waals surface area contributed by atoms with Crippen LogP contribution in [0.15, 0.2) is 0 Å². The van der Waals surface area contributed by atoms with Crippen LogP contribution in [-0.4, -0.2) is 23.8 Å². The number of aliphatic hydroxyl groups excluding tert-OH is 1. The van der Waals surface area contributed by atoms with Crippen LogP contribution in [0.3, 0.4) is 0 Å². The van der Waals surface area contributed by atoms with Crippen molar-refractivity contribution in [2.75, 3.05) is 6.54 Å². The molecule has 0 aliphatic carbocycles. The Morgan fingerprint density at radius 2 is 1.73 bits per heavy atom. The molecule has 0 rings (SSSR count). The fourth-order valence-corrected chi connectivity index (χ4v) is 1.03. The van der Waals surface area contributed by atoms with Gasteiger partial charge in [-0.15, -0.1) is 0 Å². The monoisotopic (exact) mass is 159 g/mol. The molecule has 0 fully saturated rings. The summed E-state index contributed by atoms with van der Waals surface area (Å²) in [7, 11) is 0. The van der Waals surface area contributed by atoms with Crippen molar-refractivity contribution in [3.8, 4) is 0 Å². The smallest absolute Gasteiger partial charge is 0.0526 e. The molecule has 0 spiro atoms. The van der Waals surface area contributed by atoms with Crippen molar-refractivity contribution in [2.24, 2.45) is 5.92 Å².